The zero-order valence-corrected chi connectivity index (χ0v) is 11.3. The maximum Gasteiger partial charge on any atom is 0.439 e. The molecule has 0 unspecified atom stereocenters. The summed E-state index contributed by atoms with van der Waals surface area (Å²) in [6, 6.07) is 5.05. The molecule has 5 heteroatoms. The van der Waals surface area contributed by atoms with Crippen LogP contribution in [0.4, 0.5) is 0 Å². The summed E-state index contributed by atoms with van der Waals surface area (Å²) in [5.74, 6) is -1.26. The van der Waals surface area contributed by atoms with Crippen molar-refractivity contribution in [2.75, 3.05) is 7.11 Å². The molecule has 19 heavy (non-hydrogen) atoms. The summed E-state index contributed by atoms with van der Waals surface area (Å²) in [7, 11) is 1.28. The zero-order valence-electron chi connectivity index (χ0n) is 11.3. The molecule has 0 aliphatic rings. The van der Waals surface area contributed by atoms with Crippen LogP contribution in [-0.4, -0.2) is 18.1 Å². The number of hydrogen-bond acceptors (Lipinski definition) is 5. The van der Waals surface area contributed by atoms with Crippen molar-refractivity contribution in [2.45, 2.75) is 26.2 Å². The average Bonchev–Trinajstić information content (AvgIpc) is 2.35. The fourth-order valence-electron chi connectivity index (χ4n) is 1.94. The molecule has 0 aliphatic carbocycles. The molecule has 5 nitrogen and oxygen atoms in total. The summed E-state index contributed by atoms with van der Waals surface area (Å²) >= 11 is 0. The lowest BCUT2D eigenvalue weighted by atomic mass is 9.89. The Morgan fingerprint density at radius 1 is 1.32 bits per heavy atom. The van der Waals surface area contributed by atoms with E-state index in [0.29, 0.717) is 11.1 Å². The van der Waals surface area contributed by atoms with Crippen molar-refractivity contribution in [1.29, 1.82) is 0 Å². The summed E-state index contributed by atoms with van der Waals surface area (Å²) in [6.45, 7) is 5.83. The minimum absolute atomic E-state index is 0.222. The summed E-state index contributed by atoms with van der Waals surface area (Å²) in [4.78, 5) is 27.2. The van der Waals surface area contributed by atoms with Crippen LogP contribution >= 0.6 is 0 Å². The van der Waals surface area contributed by atoms with Gasteiger partial charge in [-0.05, 0) is 12.1 Å². The molecule has 1 heterocycles. The fourth-order valence-corrected chi connectivity index (χ4v) is 1.94. The summed E-state index contributed by atoms with van der Waals surface area (Å²) in [5, 5.41) is 0.648. The Balaban J connectivity index is 2.89. The molecule has 0 saturated heterocycles. The van der Waals surface area contributed by atoms with Gasteiger partial charge in [0, 0.05) is 10.8 Å². The van der Waals surface area contributed by atoms with Gasteiger partial charge in [-0.25, -0.2) is 9.59 Å². The van der Waals surface area contributed by atoms with E-state index in [1.807, 2.05) is 20.8 Å². The maximum atomic E-state index is 11.7. The second-order valence-corrected chi connectivity index (χ2v) is 5.25. The third kappa shape index (κ3) is 2.36. The number of carbonyl (C=O) groups excluding carboxylic acids is 1. The van der Waals surface area contributed by atoms with Crippen LogP contribution in [0.3, 0.4) is 0 Å². The SMILES string of the molecule is COC(=O)c1cccc2c(C(C)(C)C)nc(=O)oc12. The number of nitrogens with zero attached hydrogens (tertiary/aromatic N) is 1. The normalized spacial score (nSPS) is 11.6. The number of para-hydroxylation sites is 1. The predicted octanol–water partition coefficient (Wildman–Crippen LogP) is 2.27. The third-order valence-corrected chi connectivity index (χ3v) is 2.78. The number of esters is 1. The van der Waals surface area contributed by atoms with Crippen molar-refractivity contribution >= 4 is 16.9 Å². The Kier molecular flexibility index (Phi) is 3.14. The number of benzene rings is 1. The van der Waals surface area contributed by atoms with Crippen LogP contribution in [0, 0.1) is 0 Å². The van der Waals surface area contributed by atoms with Crippen LogP contribution in [0.5, 0.6) is 0 Å². The predicted molar refractivity (Wildman–Crippen MR) is 70.3 cm³/mol. The van der Waals surface area contributed by atoms with Crippen LogP contribution in [-0.2, 0) is 10.2 Å². The molecule has 0 atom stereocenters. The van der Waals surface area contributed by atoms with Gasteiger partial charge in [0.1, 0.15) is 5.56 Å². The Bertz CT molecular complexity index is 695. The first-order valence-corrected chi connectivity index (χ1v) is 5.87. The molecule has 0 bridgehead atoms. The molecule has 0 radical (unpaired) electrons. The number of ether oxygens (including phenoxy) is 1. The number of rotatable bonds is 1. The van der Waals surface area contributed by atoms with Crippen molar-refractivity contribution < 1.29 is 13.9 Å². The molecule has 0 aliphatic heterocycles. The van der Waals surface area contributed by atoms with Gasteiger partial charge in [0.05, 0.1) is 12.8 Å². The average molecular weight is 261 g/mol. The molecule has 1 aromatic heterocycles. The molecule has 0 spiro atoms. The Morgan fingerprint density at radius 2 is 2.00 bits per heavy atom. The van der Waals surface area contributed by atoms with Gasteiger partial charge in [-0.3, -0.25) is 0 Å². The molecular formula is C14H15NO4. The molecule has 1 aromatic carbocycles. The first-order chi connectivity index (χ1) is 8.84. The van der Waals surface area contributed by atoms with Crippen molar-refractivity contribution in [3.05, 3.63) is 40.0 Å². The van der Waals surface area contributed by atoms with Gasteiger partial charge < -0.3 is 9.15 Å². The van der Waals surface area contributed by atoms with E-state index < -0.39 is 11.7 Å². The monoisotopic (exact) mass is 261 g/mol. The second-order valence-electron chi connectivity index (χ2n) is 5.25. The Morgan fingerprint density at radius 3 is 2.58 bits per heavy atom. The lowest BCUT2D eigenvalue weighted by Crippen LogP contribution is -2.20. The Labute approximate surface area is 110 Å². The van der Waals surface area contributed by atoms with Gasteiger partial charge in [-0.1, -0.05) is 26.8 Å². The van der Waals surface area contributed by atoms with Gasteiger partial charge in [0.2, 0.25) is 0 Å². The second kappa shape index (κ2) is 4.50. The molecule has 2 aromatic rings. The first-order valence-electron chi connectivity index (χ1n) is 5.87. The van der Waals surface area contributed by atoms with E-state index in [2.05, 4.69) is 9.72 Å². The van der Waals surface area contributed by atoms with Gasteiger partial charge in [-0.2, -0.15) is 4.98 Å². The number of aromatic nitrogens is 1. The number of methoxy groups -OCH3 is 1. The van der Waals surface area contributed by atoms with Crippen LogP contribution in [0.15, 0.2) is 27.4 Å². The highest BCUT2D eigenvalue weighted by Crippen LogP contribution is 2.28. The number of hydrogen-bond donors (Lipinski definition) is 0. The van der Waals surface area contributed by atoms with Gasteiger partial charge >= 0.3 is 11.7 Å². The molecule has 100 valence electrons. The van der Waals surface area contributed by atoms with Crippen molar-refractivity contribution in [2.24, 2.45) is 0 Å². The summed E-state index contributed by atoms with van der Waals surface area (Å²) < 4.78 is 9.77. The smallest absolute Gasteiger partial charge is 0.439 e. The number of fused-ring (bicyclic) bond motifs is 1. The zero-order chi connectivity index (χ0) is 14.2. The van der Waals surface area contributed by atoms with Crippen LogP contribution in [0.1, 0.15) is 36.8 Å². The highest BCUT2D eigenvalue weighted by atomic mass is 16.5. The maximum absolute atomic E-state index is 11.7. The fraction of sp³-hybridized carbons (Fsp3) is 0.357. The van der Waals surface area contributed by atoms with E-state index >= 15 is 0 Å². The van der Waals surface area contributed by atoms with Crippen molar-refractivity contribution in [3.8, 4) is 0 Å². The minimum atomic E-state index is -0.714. The lowest BCUT2D eigenvalue weighted by molar-refractivity contribution is 0.0601. The summed E-state index contributed by atoms with van der Waals surface area (Å²) in [6.07, 6.45) is 0. The lowest BCUT2D eigenvalue weighted by Gasteiger charge is -2.19. The van der Waals surface area contributed by atoms with E-state index in [1.54, 1.807) is 18.2 Å². The van der Waals surface area contributed by atoms with E-state index in [4.69, 9.17) is 4.42 Å². The highest BCUT2D eigenvalue weighted by Gasteiger charge is 2.23. The molecule has 0 fully saturated rings. The van der Waals surface area contributed by atoms with Gasteiger partial charge in [0.15, 0.2) is 5.58 Å². The first kappa shape index (κ1) is 13.3. The van der Waals surface area contributed by atoms with Gasteiger partial charge in [-0.15, -0.1) is 0 Å². The van der Waals surface area contributed by atoms with Crippen molar-refractivity contribution in [3.63, 3.8) is 0 Å². The largest absolute Gasteiger partial charge is 0.465 e. The third-order valence-electron chi connectivity index (χ3n) is 2.78. The van der Waals surface area contributed by atoms with E-state index in [0.717, 1.165) is 0 Å². The quantitative estimate of drug-likeness (QED) is 0.736. The molecule has 2 rings (SSSR count). The van der Waals surface area contributed by atoms with E-state index in [-0.39, 0.29) is 16.6 Å². The van der Waals surface area contributed by atoms with Crippen molar-refractivity contribution in [1.82, 2.24) is 4.98 Å². The van der Waals surface area contributed by atoms with E-state index in [9.17, 15) is 9.59 Å². The van der Waals surface area contributed by atoms with Gasteiger partial charge in [0.25, 0.3) is 0 Å². The topological polar surface area (TPSA) is 69.4 Å². The molecular weight excluding hydrogens is 246 g/mol. The van der Waals surface area contributed by atoms with Crippen LogP contribution in [0.2, 0.25) is 0 Å². The minimum Gasteiger partial charge on any atom is -0.465 e. The number of carbonyl (C=O) groups is 1. The summed E-state index contributed by atoms with van der Waals surface area (Å²) in [5.41, 5.74) is 0.719. The van der Waals surface area contributed by atoms with Crippen LogP contribution < -0.4 is 5.76 Å². The molecule has 0 saturated carbocycles. The standard InChI is InChI=1S/C14H15NO4/c1-14(2,3)11-8-6-5-7-9(12(16)18-4)10(8)19-13(17)15-11/h5-7H,1-4H3. The Hall–Kier alpha value is -2.17. The highest BCUT2D eigenvalue weighted by molar-refractivity contribution is 6.02. The molecule has 0 N–H and O–H groups in total. The molecule has 0 amide bonds. The van der Waals surface area contributed by atoms with E-state index in [1.165, 1.54) is 7.11 Å². The van der Waals surface area contributed by atoms with Crippen LogP contribution in [0.25, 0.3) is 11.0 Å².